The maximum atomic E-state index is 13.3. The lowest BCUT2D eigenvalue weighted by atomic mass is 9.98. The average Bonchev–Trinajstić information content (AvgIpc) is 2.94. The third-order valence-electron chi connectivity index (χ3n) is 3.74. The number of rotatable bonds is 6. The molecule has 1 aliphatic heterocycles. The number of carbonyl (C=O) groups excluding carboxylic acids is 1. The molecule has 9 heteroatoms. The first-order valence-corrected chi connectivity index (χ1v) is 6.93. The fourth-order valence-corrected chi connectivity index (χ4v) is 2.66. The van der Waals surface area contributed by atoms with E-state index in [0.29, 0.717) is 6.61 Å². The number of amides is 1. The minimum Gasteiger partial charge on any atom is -0.383 e. The highest BCUT2D eigenvalue weighted by molar-refractivity contribution is 5.98. The molecule has 1 unspecified atom stereocenters. The summed E-state index contributed by atoms with van der Waals surface area (Å²) in [5, 5.41) is 16.8. The first-order chi connectivity index (χ1) is 10.5. The van der Waals surface area contributed by atoms with Crippen LogP contribution in [-0.4, -0.2) is 43.2 Å². The lowest BCUT2D eigenvalue weighted by Crippen LogP contribution is -2.53. The van der Waals surface area contributed by atoms with Gasteiger partial charge in [0.1, 0.15) is 11.4 Å². The number of carbonyl (C=O) groups is 1. The number of hydrogen-bond acceptors (Lipinski definition) is 5. The predicted octanol–water partition coefficient (Wildman–Crippen LogP) is 1.65. The van der Waals surface area contributed by atoms with E-state index in [0.717, 1.165) is 37.6 Å². The van der Waals surface area contributed by atoms with Crippen LogP contribution in [0.4, 0.5) is 10.1 Å². The molecule has 1 saturated heterocycles. The molecule has 0 saturated carbocycles. The summed E-state index contributed by atoms with van der Waals surface area (Å²) < 4.78 is 18.4. The standard InChI is InChI=1S/C14H18FN3O4.ClH/c1-22-9-14(5-2-6-17-14)8-16-13(19)11-7-10(15)3-4-12(11)18(20)21;/h3-4,7,17H,2,5-6,8-9H2,1H3,(H,16,19);1H. The van der Waals surface area contributed by atoms with Gasteiger partial charge in [0.2, 0.25) is 0 Å². The lowest BCUT2D eigenvalue weighted by molar-refractivity contribution is -0.385. The van der Waals surface area contributed by atoms with Crippen molar-refractivity contribution in [2.24, 2.45) is 0 Å². The van der Waals surface area contributed by atoms with Gasteiger partial charge in [-0.25, -0.2) is 4.39 Å². The molecule has 1 aliphatic rings. The van der Waals surface area contributed by atoms with Gasteiger partial charge in [-0.15, -0.1) is 12.4 Å². The Morgan fingerprint density at radius 3 is 2.87 bits per heavy atom. The SMILES string of the molecule is COCC1(CNC(=O)c2cc(F)ccc2[N+](=O)[O-])CCCN1.Cl. The van der Waals surface area contributed by atoms with E-state index in [1.54, 1.807) is 7.11 Å². The van der Waals surface area contributed by atoms with Gasteiger partial charge in [-0.2, -0.15) is 0 Å². The van der Waals surface area contributed by atoms with E-state index in [4.69, 9.17) is 4.74 Å². The third kappa shape index (κ3) is 4.60. The summed E-state index contributed by atoms with van der Waals surface area (Å²) in [5.74, 6) is -1.36. The molecule has 0 aliphatic carbocycles. The van der Waals surface area contributed by atoms with Gasteiger partial charge in [0.25, 0.3) is 11.6 Å². The van der Waals surface area contributed by atoms with Crippen LogP contribution in [0.25, 0.3) is 0 Å². The highest BCUT2D eigenvalue weighted by atomic mass is 35.5. The molecule has 0 radical (unpaired) electrons. The lowest BCUT2D eigenvalue weighted by Gasteiger charge is -2.28. The van der Waals surface area contributed by atoms with Crippen molar-refractivity contribution >= 4 is 24.0 Å². The largest absolute Gasteiger partial charge is 0.383 e. The summed E-state index contributed by atoms with van der Waals surface area (Å²) in [5.41, 5.74) is -1.08. The Hall–Kier alpha value is -1.77. The van der Waals surface area contributed by atoms with Crippen LogP contribution in [0.5, 0.6) is 0 Å². The second-order valence-corrected chi connectivity index (χ2v) is 5.34. The average molecular weight is 348 g/mol. The molecule has 1 amide bonds. The molecule has 0 bridgehead atoms. The molecule has 7 nitrogen and oxygen atoms in total. The number of hydrogen-bond donors (Lipinski definition) is 2. The number of nitrogens with one attached hydrogen (secondary N) is 2. The van der Waals surface area contributed by atoms with E-state index in [-0.39, 0.29) is 30.1 Å². The molecule has 1 aromatic rings. The van der Waals surface area contributed by atoms with Gasteiger partial charge in [-0.05, 0) is 31.5 Å². The fourth-order valence-electron chi connectivity index (χ4n) is 2.66. The van der Waals surface area contributed by atoms with Crippen LogP contribution in [0.15, 0.2) is 18.2 Å². The first-order valence-electron chi connectivity index (χ1n) is 6.93. The Kier molecular flexibility index (Phi) is 6.86. The Bertz CT molecular complexity index is 579. The molecule has 1 heterocycles. The van der Waals surface area contributed by atoms with Gasteiger partial charge in [-0.1, -0.05) is 0 Å². The number of benzene rings is 1. The van der Waals surface area contributed by atoms with Crippen molar-refractivity contribution in [3.8, 4) is 0 Å². The monoisotopic (exact) mass is 347 g/mol. The van der Waals surface area contributed by atoms with Crippen LogP contribution >= 0.6 is 12.4 Å². The Morgan fingerprint density at radius 2 is 2.30 bits per heavy atom. The first kappa shape index (κ1) is 19.3. The molecule has 23 heavy (non-hydrogen) atoms. The van der Waals surface area contributed by atoms with Gasteiger partial charge in [0.15, 0.2) is 0 Å². The predicted molar refractivity (Wildman–Crippen MR) is 84.5 cm³/mol. The number of halogens is 2. The number of ether oxygens (including phenoxy) is 1. The molecular weight excluding hydrogens is 329 g/mol. The molecule has 2 rings (SSSR count). The Labute approximate surface area is 139 Å². The molecule has 128 valence electrons. The highest BCUT2D eigenvalue weighted by Gasteiger charge is 2.34. The van der Waals surface area contributed by atoms with Crippen LogP contribution in [-0.2, 0) is 4.74 Å². The second-order valence-electron chi connectivity index (χ2n) is 5.34. The molecule has 1 aromatic carbocycles. The molecular formula is C14H19ClFN3O4. The molecule has 1 fully saturated rings. The van der Waals surface area contributed by atoms with Gasteiger partial charge >= 0.3 is 0 Å². The maximum Gasteiger partial charge on any atom is 0.282 e. The zero-order chi connectivity index (χ0) is 16.2. The maximum absolute atomic E-state index is 13.3. The van der Waals surface area contributed by atoms with Crippen LogP contribution in [0.3, 0.4) is 0 Å². The third-order valence-corrected chi connectivity index (χ3v) is 3.74. The van der Waals surface area contributed by atoms with Crippen molar-refractivity contribution in [3.05, 3.63) is 39.7 Å². The van der Waals surface area contributed by atoms with Gasteiger partial charge in [-0.3, -0.25) is 14.9 Å². The Morgan fingerprint density at radius 1 is 1.57 bits per heavy atom. The van der Waals surface area contributed by atoms with Crippen molar-refractivity contribution in [3.63, 3.8) is 0 Å². The van der Waals surface area contributed by atoms with E-state index >= 15 is 0 Å². The van der Waals surface area contributed by atoms with E-state index in [9.17, 15) is 19.3 Å². The molecule has 2 N–H and O–H groups in total. The molecule has 1 atom stereocenters. The number of nitro benzene ring substituents is 1. The summed E-state index contributed by atoms with van der Waals surface area (Å²) in [6, 6.07) is 2.82. The summed E-state index contributed by atoms with van der Waals surface area (Å²) in [6.07, 6.45) is 1.78. The number of nitro groups is 1. The van der Waals surface area contributed by atoms with E-state index in [2.05, 4.69) is 10.6 Å². The van der Waals surface area contributed by atoms with Crippen LogP contribution < -0.4 is 10.6 Å². The van der Waals surface area contributed by atoms with E-state index in [1.807, 2.05) is 0 Å². The normalized spacial score (nSPS) is 19.9. The smallest absolute Gasteiger partial charge is 0.282 e. The zero-order valence-electron chi connectivity index (χ0n) is 12.6. The summed E-state index contributed by atoms with van der Waals surface area (Å²) in [6.45, 7) is 1.49. The van der Waals surface area contributed by atoms with Crippen molar-refractivity contribution in [1.29, 1.82) is 0 Å². The van der Waals surface area contributed by atoms with Gasteiger partial charge in [0, 0.05) is 19.7 Å². The minimum atomic E-state index is -0.701. The van der Waals surface area contributed by atoms with Crippen molar-refractivity contribution < 1.29 is 18.8 Å². The van der Waals surface area contributed by atoms with Gasteiger partial charge < -0.3 is 15.4 Å². The summed E-state index contributed by atoms with van der Waals surface area (Å²) in [4.78, 5) is 22.4. The Balaban J connectivity index is 0.00000264. The number of methoxy groups -OCH3 is 1. The van der Waals surface area contributed by atoms with Crippen molar-refractivity contribution in [2.75, 3.05) is 26.8 Å². The molecule has 0 aromatic heterocycles. The zero-order valence-corrected chi connectivity index (χ0v) is 13.5. The topological polar surface area (TPSA) is 93.5 Å². The van der Waals surface area contributed by atoms with Gasteiger partial charge in [0.05, 0.1) is 17.1 Å². The van der Waals surface area contributed by atoms with E-state index < -0.39 is 22.3 Å². The highest BCUT2D eigenvalue weighted by Crippen LogP contribution is 2.21. The summed E-state index contributed by atoms with van der Waals surface area (Å²) in [7, 11) is 1.57. The van der Waals surface area contributed by atoms with Crippen molar-refractivity contribution in [2.45, 2.75) is 18.4 Å². The minimum absolute atomic E-state index is 0. The van der Waals surface area contributed by atoms with Crippen LogP contribution in [0.2, 0.25) is 0 Å². The molecule has 0 spiro atoms. The van der Waals surface area contributed by atoms with E-state index in [1.165, 1.54) is 0 Å². The fraction of sp³-hybridized carbons (Fsp3) is 0.500. The quantitative estimate of drug-likeness (QED) is 0.603. The summed E-state index contributed by atoms with van der Waals surface area (Å²) >= 11 is 0. The van der Waals surface area contributed by atoms with Crippen LogP contribution in [0.1, 0.15) is 23.2 Å². The second kappa shape index (κ2) is 8.19. The van der Waals surface area contributed by atoms with Crippen molar-refractivity contribution in [1.82, 2.24) is 10.6 Å². The number of nitrogens with zero attached hydrogens (tertiary/aromatic N) is 1. The van der Waals surface area contributed by atoms with Crippen LogP contribution in [0, 0.1) is 15.9 Å².